The van der Waals surface area contributed by atoms with Crippen LogP contribution in [0.2, 0.25) is 0 Å². The second-order valence-corrected chi connectivity index (χ2v) is 5.77. The lowest BCUT2D eigenvalue weighted by Gasteiger charge is -2.15. The number of fused-ring (bicyclic) bond motifs is 1. The average Bonchev–Trinajstić information content (AvgIpc) is 2.59. The highest BCUT2D eigenvalue weighted by Gasteiger charge is 2.17. The molecule has 118 valence electrons. The van der Waals surface area contributed by atoms with Gasteiger partial charge in [0.05, 0.1) is 11.1 Å². The quantitative estimate of drug-likeness (QED) is 0.702. The zero-order valence-electron chi connectivity index (χ0n) is 13.3. The van der Waals surface area contributed by atoms with E-state index in [-0.39, 0.29) is 11.3 Å². The molecule has 1 N–H and O–H groups in total. The van der Waals surface area contributed by atoms with Crippen LogP contribution >= 0.6 is 0 Å². The van der Waals surface area contributed by atoms with Gasteiger partial charge in [-0.2, -0.15) is 0 Å². The molecule has 3 aromatic rings. The van der Waals surface area contributed by atoms with Crippen molar-refractivity contribution in [2.75, 3.05) is 0 Å². The number of hydrogen-bond donors (Lipinski definition) is 1. The van der Waals surface area contributed by atoms with E-state index in [1.165, 1.54) is 0 Å². The molecule has 2 aromatic carbocycles. The summed E-state index contributed by atoms with van der Waals surface area (Å²) in [6, 6.07) is 16.9. The standard InChI is InChI=1S/C20H21NO2/c1-2-3-9-14-21-17-13-8-7-12-16(17)19(22)18(20(21)23)15-10-5-4-6-11-15/h4-8,10-13,22H,2-3,9,14H2,1H3. The molecular formula is C20H21NO2. The molecule has 0 aliphatic rings. The molecule has 0 atom stereocenters. The number of aromatic nitrogens is 1. The zero-order valence-corrected chi connectivity index (χ0v) is 13.3. The molecule has 0 aliphatic heterocycles. The number of benzene rings is 2. The second-order valence-electron chi connectivity index (χ2n) is 5.77. The molecule has 0 bridgehead atoms. The van der Waals surface area contributed by atoms with Gasteiger partial charge < -0.3 is 9.67 Å². The summed E-state index contributed by atoms with van der Waals surface area (Å²) >= 11 is 0. The van der Waals surface area contributed by atoms with Gasteiger partial charge in [-0.05, 0) is 24.1 Å². The minimum Gasteiger partial charge on any atom is -0.506 e. The Labute approximate surface area is 135 Å². The highest BCUT2D eigenvalue weighted by molar-refractivity contribution is 5.92. The number of aryl methyl sites for hydroxylation is 1. The smallest absolute Gasteiger partial charge is 0.262 e. The fraction of sp³-hybridized carbons (Fsp3) is 0.250. The summed E-state index contributed by atoms with van der Waals surface area (Å²) in [4.78, 5) is 13.0. The Hall–Kier alpha value is -2.55. The number of para-hydroxylation sites is 1. The molecule has 0 saturated heterocycles. The van der Waals surface area contributed by atoms with Crippen LogP contribution in [0.25, 0.3) is 22.0 Å². The average molecular weight is 307 g/mol. The van der Waals surface area contributed by atoms with Crippen molar-refractivity contribution >= 4 is 10.9 Å². The lowest BCUT2D eigenvalue weighted by atomic mass is 10.0. The van der Waals surface area contributed by atoms with Crippen molar-refractivity contribution < 1.29 is 5.11 Å². The van der Waals surface area contributed by atoms with Crippen molar-refractivity contribution in [1.29, 1.82) is 0 Å². The highest BCUT2D eigenvalue weighted by Crippen LogP contribution is 2.32. The van der Waals surface area contributed by atoms with Gasteiger partial charge in [0, 0.05) is 11.9 Å². The first kappa shape index (κ1) is 15.3. The molecule has 0 unspecified atom stereocenters. The van der Waals surface area contributed by atoms with E-state index in [9.17, 15) is 9.90 Å². The van der Waals surface area contributed by atoms with E-state index < -0.39 is 0 Å². The minimum absolute atomic E-state index is 0.0727. The van der Waals surface area contributed by atoms with E-state index in [0.29, 0.717) is 12.1 Å². The molecule has 0 fully saturated rings. The van der Waals surface area contributed by atoms with Gasteiger partial charge in [0.25, 0.3) is 5.56 Å². The minimum atomic E-state index is -0.122. The van der Waals surface area contributed by atoms with Gasteiger partial charge in [0.1, 0.15) is 5.75 Å². The monoisotopic (exact) mass is 307 g/mol. The number of unbranched alkanes of at least 4 members (excludes halogenated alkanes) is 2. The Kier molecular flexibility index (Phi) is 4.47. The number of hydrogen-bond acceptors (Lipinski definition) is 2. The third-order valence-electron chi connectivity index (χ3n) is 4.19. The summed E-state index contributed by atoms with van der Waals surface area (Å²) < 4.78 is 1.80. The summed E-state index contributed by atoms with van der Waals surface area (Å²) in [5.74, 6) is 0.0727. The largest absolute Gasteiger partial charge is 0.506 e. The zero-order chi connectivity index (χ0) is 16.2. The molecule has 0 amide bonds. The second kappa shape index (κ2) is 6.69. The van der Waals surface area contributed by atoms with Gasteiger partial charge in [0.15, 0.2) is 0 Å². The van der Waals surface area contributed by atoms with Crippen LogP contribution < -0.4 is 5.56 Å². The number of nitrogens with zero attached hydrogens (tertiary/aromatic N) is 1. The van der Waals surface area contributed by atoms with Crippen molar-refractivity contribution in [2.24, 2.45) is 0 Å². The van der Waals surface area contributed by atoms with Crippen molar-refractivity contribution in [3.8, 4) is 16.9 Å². The third kappa shape index (κ3) is 2.87. The SMILES string of the molecule is CCCCCn1c(=O)c(-c2ccccc2)c(O)c2ccccc21. The summed E-state index contributed by atoms with van der Waals surface area (Å²) in [6.07, 6.45) is 3.15. The first-order valence-electron chi connectivity index (χ1n) is 8.14. The lowest BCUT2D eigenvalue weighted by Crippen LogP contribution is -2.22. The molecule has 3 nitrogen and oxygen atoms in total. The molecule has 1 aromatic heterocycles. The number of aromatic hydroxyl groups is 1. The highest BCUT2D eigenvalue weighted by atomic mass is 16.3. The van der Waals surface area contributed by atoms with Crippen LogP contribution in [0, 0.1) is 0 Å². The van der Waals surface area contributed by atoms with Crippen LogP contribution in [0.15, 0.2) is 59.4 Å². The van der Waals surface area contributed by atoms with Crippen LogP contribution in [0.3, 0.4) is 0 Å². The van der Waals surface area contributed by atoms with Gasteiger partial charge >= 0.3 is 0 Å². The van der Waals surface area contributed by atoms with E-state index in [1.807, 2.05) is 54.6 Å². The van der Waals surface area contributed by atoms with Crippen LogP contribution in [-0.2, 0) is 6.54 Å². The van der Waals surface area contributed by atoms with E-state index in [4.69, 9.17) is 0 Å². The molecule has 0 radical (unpaired) electrons. The Morgan fingerprint density at radius 3 is 2.39 bits per heavy atom. The predicted molar refractivity (Wildman–Crippen MR) is 94.8 cm³/mol. The topological polar surface area (TPSA) is 42.2 Å². The summed E-state index contributed by atoms with van der Waals surface area (Å²) in [5.41, 5.74) is 1.82. The summed E-state index contributed by atoms with van der Waals surface area (Å²) in [6.45, 7) is 2.82. The third-order valence-corrected chi connectivity index (χ3v) is 4.19. The van der Waals surface area contributed by atoms with Gasteiger partial charge in [0.2, 0.25) is 0 Å². The fourth-order valence-electron chi connectivity index (χ4n) is 3.00. The molecular weight excluding hydrogens is 286 g/mol. The maximum absolute atomic E-state index is 13.0. The maximum Gasteiger partial charge on any atom is 0.262 e. The molecule has 0 spiro atoms. The van der Waals surface area contributed by atoms with Crippen LogP contribution in [0.1, 0.15) is 26.2 Å². The van der Waals surface area contributed by atoms with Gasteiger partial charge in [-0.25, -0.2) is 0 Å². The molecule has 1 heterocycles. The molecule has 3 heteroatoms. The van der Waals surface area contributed by atoms with E-state index in [1.54, 1.807) is 4.57 Å². The Balaban J connectivity index is 2.26. The van der Waals surface area contributed by atoms with Crippen molar-refractivity contribution in [3.05, 3.63) is 65.0 Å². The van der Waals surface area contributed by atoms with E-state index >= 15 is 0 Å². The molecule has 3 rings (SSSR count). The fourth-order valence-corrected chi connectivity index (χ4v) is 3.00. The van der Waals surface area contributed by atoms with Crippen molar-refractivity contribution in [2.45, 2.75) is 32.7 Å². The van der Waals surface area contributed by atoms with Crippen molar-refractivity contribution in [1.82, 2.24) is 4.57 Å². The van der Waals surface area contributed by atoms with Crippen LogP contribution in [-0.4, -0.2) is 9.67 Å². The first-order valence-corrected chi connectivity index (χ1v) is 8.14. The summed E-state index contributed by atoms with van der Waals surface area (Å²) in [7, 11) is 0. The Bertz CT molecular complexity index is 866. The predicted octanol–water partition coefficient (Wildman–Crippen LogP) is 4.56. The van der Waals surface area contributed by atoms with Crippen molar-refractivity contribution in [3.63, 3.8) is 0 Å². The molecule has 23 heavy (non-hydrogen) atoms. The van der Waals surface area contributed by atoms with E-state index in [2.05, 4.69) is 6.92 Å². The Morgan fingerprint density at radius 2 is 1.65 bits per heavy atom. The molecule has 0 aliphatic carbocycles. The lowest BCUT2D eigenvalue weighted by molar-refractivity contribution is 0.480. The maximum atomic E-state index is 13.0. The van der Waals surface area contributed by atoms with Gasteiger partial charge in [-0.15, -0.1) is 0 Å². The molecule has 0 saturated carbocycles. The Morgan fingerprint density at radius 1 is 0.957 bits per heavy atom. The normalized spacial score (nSPS) is 11.0. The van der Waals surface area contributed by atoms with E-state index in [0.717, 1.165) is 35.7 Å². The number of pyridine rings is 1. The van der Waals surface area contributed by atoms with Crippen LogP contribution in [0.5, 0.6) is 5.75 Å². The first-order chi connectivity index (χ1) is 11.2. The summed E-state index contributed by atoms with van der Waals surface area (Å²) in [5, 5.41) is 11.4. The van der Waals surface area contributed by atoms with Crippen LogP contribution in [0.4, 0.5) is 0 Å². The van der Waals surface area contributed by atoms with Gasteiger partial charge in [-0.3, -0.25) is 4.79 Å². The number of rotatable bonds is 5. The van der Waals surface area contributed by atoms with Gasteiger partial charge in [-0.1, -0.05) is 62.2 Å².